The number of nitrogens with two attached hydrogens (primary N) is 1. The maximum absolute atomic E-state index is 6.14. The minimum absolute atomic E-state index is 0.299. The molecule has 0 saturated carbocycles. The molecule has 2 nitrogen and oxygen atoms in total. The summed E-state index contributed by atoms with van der Waals surface area (Å²) in [5.74, 6) is 0. The van der Waals surface area contributed by atoms with Crippen LogP contribution >= 0.6 is 0 Å². The van der Waals surface area contributed by atoms with E-state index in [1.54, 1.807) is 0 Å². The summed E-state index contributed by atoms with van der Waals surface area (Å²) in [6.45, 7) is 7.98. The van der Waals surface area contributed by atoms with E-state index in [-0.39, 0.29) is 0 Å². The molecule has 0 aromatic carbocycles. The van der Waals surface area contributed by atoms with Crippen LogP contribution in [0, 0.1) is 0 Å². The lowest BCUT2D eigenvalue weighted by atomic mass is 9.86. The van der Waals surface area contributed by atoms with Gasteiger partial charge in [-0.3, -0.25) is 4.90 Å². The van der Waals surface area contributed by atoms with Crippen molar-refractivity contribution in [1.29, 1.82) is 0 Å². The molecule has 17 heavy (non-hydrogen) atoms. The van der Waals surface area contributed by atoms with Gasteiger partial charge >= 0.3 is 0 Å². The molecule has 2 N–H and O–H groups in total. The molecule has 1 heterocycles. The van der Waals surface area contributed by atoms with Gasteiger partial charge in [-0.15, -0.1) is 0 Å². The third kappa shape index (κ3) is 4.26. The first-order valence-electron chi connectivity index (χ1n) is 7.74. The van der Waals surface area contributed by atoms with Crippen LogP contribution in [0.25, 0.3) is 0 Å². The van der Waals surface area contributed by atoms with E-state index >= 15 is 0 Å². The summed E-state index contributed by atoms with van der Waals surface area (Å²) < 4.78 is 0. The number of likely N-dealkylation sites (tertiary alicyclic amines) is 1. The van der Waals surface area contributed by atoms with Gasteiger partial charge in [-0.1, -0.05) is 46.0 Å². The highest BCUT2D eigenvalue weighted by molar-refractivity contribution is 4.91. The first-order valence-corrected chi connectivity index (χ1v) is 7.74. The molecule has 0 aromatic heterocycles. The van der Waals surface area contributed by atoms with Crippen LogP contribution in [0.1, 0.15) is 71.6 Å². The van der Waals surface area contributed by atoms with Crippen LogP contribution in [0.4, 0.5) is 0 Å². The van der Waals surface area contributed by atoms with Gasteiger partial charge in [0.25, 0.3) is 0 Å². The average Bonchev–Trinajstić information content (AvgIpc) is 2.32. The lowest BCUT2D eigenvalue weighted by molar-refractivity contribution is 0.0694. The van der Waals surface area contributed by atoms with Gasteiger partial charge in [0.2, 0.25) is 0 Å². The fraction of sp³-hybridized carbons (Fsp3) is 1.00. The molecule has 1 atom stereocenters. The van der Waals surface area contributed by atoms with Gasteiger partial charge in [0.05, 0.1) is 0 Å². The summed E-state index contributed by atoms with van der Waals surface area (Å²) in [6, 6.07) is 0. The van der Waals surface area contributed by atoms with Gasteiger partial charge < -0.3 is 5.73 Å². The van der Waals surface area contributed by atoms with Crippen molar-refractivity contribution in [3.8, 4) is 0 Å². The molecule has 0 aliphatic carbocycles. The zero-order valence-electron chi connectivity index (χ0n) is 12.0. The third-order valence-electron chi connectivity index (χ3n) is 4.56. The van der Waals surface area contributed by atoms with Crippen molar-refractivity contribution in [3.63, 3.8) is 0 Å². The van der Waals surface area contributed by atoms with E-state index in [0.29, 0.717) is 5.54 Å². The Morgan fingerprint density at radius 3 is 2.06 bits per heavy atom. The zero-order valence-corrected chi connectivity index (χ0v) is 12.0. The molecular formula is C15H32N2. The SMILES string of the molecule is CCCCC(CC)(CN)N1CCCCCCC1. The highest BCUT2D eigenvalue weighted by Gasteiger charge is 2.32. The number of rotatable bonds is 6. The number of nitrogens with zero attached hydrogens (tertiary/aromatic N) is 1. The molecule has 2 heteroatoms. The Morgan fingerprint density at radius 1 is 1.00 bits per heavy atom. The Kier molecular flexibility index (Phi) is 7.14. The number of hydrogen-bond donors (Lipinski definition) is 1. The van der Waals surface area contributed by atoms with Gasteiger partial charge in [-0.2, -0.15) is 0 Å². The molecule has 0 radical (unpaired) electrons. The molecule has 0 aromatic rings. The second kappa shape index (κ2) is 8.10. The second-order valence-corrected chi connectivity index (χ2v) is 5.64. The van der Waals surface area contributed by atoms with E-state index in [1.807, 2.05) is 0 Å². The van der Waals surface area contributed by atoms with Crippen LogP contribution in [-0.2, 0) is 0 Å². The van der Waals surface area contributed by atoms with Gasteiger partial charge in [-0.25, -0.2) is 0 Å². The van der Waals surface area contributed by atoms with Crippen molar-refractivity contribution in [2.75, 3.05) is 19.6 Å². The quantitative estimate of drug-likeness (QED) is 0.769. The average molecular weight is 240 g/mol. The third-order valence-corrected chi connectivity index (χ3v) is 4.56. The van der Waals surface area contributed by atoms with Crippen LogP contribution < -0.4 is 5.73 Å². The number of unbranched alkanes of at least 4 members (excludes halogenated alkanes) is 1. The van der Waals surface area contributed by atoms with Crippen molar-refractivity contribution >= 4 is 0 Å². The first-order chi connectivity index (χ1) is 8.29. The molecule has 0 amide bonds. The molecule has 1 unspecified atom stereocenters. The smallest absolute Gasteiger partial charge is 0.0329 e. The van der Waals surface area contributed by atoms with E-state index in [1.165, 1.54) is 70.9 Å². The number of hydrogen-bond acceptors (Lipinski definition) is 2. The maximum atomic E-state index is 6.14. The van der Waals surface area contributed by atoms with Gasteiger partial charge in [0.15, 0.2) is 0 Å². The fourth-order valence-corrected chi connectivity index (χ4v) is 3.16. The van der Waals surface area contributed by atoms with Crippen molar-refractivity contribution in [1.82, 2.24) is 4.90 Å². The van der Waals surface area contributed by atoms with Crippen LogP contribution in [0.2, 0.25) is 0 Å². The molecule has 1 aliphatic rings. The van der Waals surface area contributed by atoms with Crippen LogP contribution in [0.15, 0.2) is 0 Å². The topological polar surface area (TPSA) is 29.3 Å². The second-order valence-electron chi connectivity index (χ2n) is 5.64. The van der Waals surface area contributed by atoms with Crippen molar-refractivity contribution < 1.29 is 0 Å². The van der Waals surface area contributed by atoms with Crippen molar-refractivity contribution in [3.05, 3.63) is 0 Å². The lowest BCUT2D eigenvalue weighted by Crippen LogP contribution is -2.54. The Hall–Kier alpha value is -0.0800. The summed E-state index contributed by atoms with van der Waals surface area (Å²) in [4.78, 5) is 2.72. The van der Waals surface area contributed by atoms with E-state index in [9.17, 15) is 0 Å². The summed E-state index contributed by atoms with van der Waals surface area (Å²) >= 11 is 0. The molecule has 0 bridgehead atoms. The van der Waals surface area contributed by atoms with Crippen LogP contribution in [0.5, 0.6) is 0 Å². The first kappa shape index (κ1) is 15.0. The van der Waals surface area contributed by atoms with Gasteiger partial charge in [-0.05, 0) is 38.8 Å². The Labute approximate surface area is 108 Å². The maximum Gasteiger partial charge on any atom is 0.0329 e. The molecule has 1 fully saturated rings. The van der Waals surface area contributed by atoms with Crippen molar-refractivity contribution in [2.24, 2.45) is 5.73 Å². The lowest BCUT2D eigenvalue weighted by Gasteiger charge is -2.44. The Balaban J connectivity index is 2.64. The minimum Gasteiger partial charge on any atom is -0.329 e. The summed E-state index contributed by atoms with van der Waals surface area (Å²) in [5, 5.41) is 0. The Morgan fingerprint density at radius 2 is 1.59 bits per heavy atom. The van der Waals surface area contributed by atoms with Crippen LogP contribution in [-0.4, -0.2) is 30.1 Å². The van der Waals surface area contributed by atoms with Gasteiger partial charge in [0, 0.05) is 12.1 Å². The molecule has 1 rings (SSSR count). The summed E-state index contributed by atoms with van der Waals surface area (Å²) in [7, 11) is 0. The van der Waals surface area contributed by atoms with Gasteiger partial charge in [0.1, 0.15) is 0 Å². The zero-order chi connectivity index (χ0) is 12.6. The summed E-state index contributed by atoms with van der Waals surface area (Å²) in [6.07, 6.45) is 12.1. The standard InChI is InChI=1S/C15H32N2/c1-3-5-11-15(4-2,14-16)17-12-9-7-6-8-10-13-17/h3-14,16H2,1-2H3. The highest BCUT2D eigenvalue weighted by Crippen LogP contribution is 2.28. The predicted molar refractivity (Wildman–Crippen MR) is 76.3 cm³/mol. The molecule has 0 spiro atoms. The minimum atomic E-state index is 0.299. The fourth-order valence-electron chi connectivity index (χ4n) is 3.16. The molecular weight excluding hydrogens is 208 g/mol. The van der Waals surface area contributed by atoms with Crippen LogP contribution in [0.3, 0.4) is 0 Å². The van der Waals surface area contributed by atoms with E-state index in [2.05, 4.69) is 18.7 Å². The molecule has 102 valence electrons. The summed E-state index contributed by atoms with van der Waals surface area (Å²) in [5.41, 5.74) is 6.44. The van der Waals surface area contributed by atoms with E-state index in [4.69, 9.17) is 5.73 Å². The van der Waals surface area contributed by atoms with Crippen molar-refractivity contribution in [2.45, 2.75) is 77.2 Å². The molecule has 1 saturated heterocycles. The predicted octanol–water partition coefficient (Wildman–Crippen LogP) is 3.55. The molecule has 1 aliphatic heterocycles. The normalized spacial score (nSPS) is 22.8. The van der Waals surface area contributed by atoms with E-state index < -0.39 is 0 Å². The largest absolute Gasteiger partial charge is 0.329 e. The monoisotopic (exact) mass is 240 g/mol. The van der Waals surface area contributed by atoms with E-state index in [0.717, 1.165) is 6.54 Å². The Bertz CT molecular complexity index is 179. The highest BCUT2D eigenvalue weighted by atomic mass is 15.2.